The summed E-state index contributed by atoms with van der Waals surface area (Å²) in [6.07, 6.45) is 8.51. The number of carbonyl (C=O) groups excluding carboxylic acids is 2. The molecule has 1 aromatic heterocycles. The molecule has 2 aromatic rings. The van der Waals surface area contributed by atoms with Crippen molar-refractivity contribution in [2.45, 2.75) is 32.1 Å². The van der Waals surface area contributed by atoms with Crippen LogP contribution in [0.1, 0.15) is 48.5 Å². The van der Waals surface area contributed by atoms with Gasteiger partial charge in [-0.15, -0.1) is 0 Å². The molecule has 1 saturated heterocycles. The smallest absolute Gasteiger partial charge is 0.292 e. The van der Waals surface area contributed by atoms with Crippen molar-refractivity contribution in [3.8, 4) is 0 Å². The predicted molar refractivity (Wildman–Crippen MR) is 113 cm³/mol. The standard InChI is InChI=1S/C24H26N2O3/c1-4-6-10-19(5-2)21-17-22(29-25-21)23(28)26-15-13-24(14-16-26,18(3)27)20-11-8-7-9-12-20/h4-12,17H,2,13-16H2,1,3H3/b6-4-,19-10+. The maximum atomic E-state index is 12.9. The molecule has 0 atom stereocenters. The number of amides is 1. The first-order chi connectivity index (χ1) is 14.0. The fourth-order valence-corrected chi connectivity index (χ4v) is 3.82. The topological polar surface area (TPSA) is 63.4 Å². The minimum atomic E-state index is -0.532. The number of ketones is 1. The summed E-state index contributed by atoms with van der Waals surface area (Å²) < 4.78 is 5.31. The minimum Gasteiger partial charge on any atom is -0.350 e. The number of carbonyl (C=O) groups is 2. The molecule has 0 bridgehead atoms. The Balaban J connectivity index is 1.75. The van der Waals surface area contributed by atoms with Gasteiger partial charge in [0.1, 0.15) is 11.5 Å². The lowest BCUT2D eigenvalue weighted by atomic mass is 9.70. The van der Waals surface area contributed by atoms with Crippen LogP contribution in [0.3, 0.4) is 0 Å². The van der Waals surface area contributed by atoms with Crippen LogP contribution in [0.25, 0.3) is 5.57 Å². The van der Waals surface area contributed by atoms with Crippen LogP contribution in [0.2, 0.25) is 0 Å². The zero-order valence-corrected chi connectivity index (χ0v) is 16.9. The molecular weight excluding hydrogens is 364 g/mol. The number of aromatic nitrogens is 1. The summed E-state index contributed by atoms with van der Waals surface area (Å²) in [6.45, 7) is 8.33. The highest BCUT2D eigenvalue weighted by atomic mass is 16.5. The van der Waals surface area contributed by atoms with E-state index in [1.54, 1.807) is 24.0 Å². The highest BCUT2D eigenvalue weighted by molar-refractivity contribution is 5.93. The van der Waals surface area contributed by atoms with E-state index >= 15 is 0 Å². The van der Waals surface area contributed by atoms with Crippen molar-refractivity contribution in [2.75, 3.05) is 13.1 Å². The van der Waals surface area contributed by atoms with Crippen LogP contribution < -0.4 is 0 Å². The van der Waals surface area contributed by atoms with E-state index in [9.17, 15) is 9.59 Å². The molecule has 150 valence electrons. The van der Waals surface area contributed by atoms with E-state index in [1.807, 2.05) is 55.5 Å². The van der Waals surface area contributed by atoms with Crippen molar-refractivity contribution < 1.29 is 14.1 Å². The molecule has 0 N–H and O–H groups in total. The fraction of sp³-hybridized carbons (Fsp3) is 0.292. The second kappa shape index (κ2) is 8.86. The molecule has 0 aliphatic carbocycles. The van der Waals surface area contributed by atoms with Gasteiger partial charge >= 0.3 is 0 Å². The Hall–Kier alpha value is -3.21. The Morgan fingerprint density at radius 1 is 1.21 bits per heavy atom. The third-order valence-corrected chi connectivity index (χ3v) is 5.61. The average molecular weight is 390 g/mol. The molecule has 2 heterocycles. The number of allylic oxidation sites excluding steroid dienone is 5. The van der Waals surface area contributed by atoms with Crippen molar-refractivity contribution >= 4 is 17.3 Å². The zero-order valence-electron chi connectivity index (χ0n) is 16.9. The third-order valence-electron chi connectivity index (χ3n) is 5.61. The summed E-state index contributed by atoms with van der Waals surface area (Å²) in [6, 6.07) is 11.5. The number of piperidine rings is 1. The predicted octanol–water partition coefficient (Wildman–Crippen LogP) is 4.58. The molecule has 1 amide bonds. The van der Waals surface area contributed by atoms with Gasteiger partial charge in [-0.1, -0.05) is 66.4 Å². The van der Waals surface area contributed by atoms with Crippen LogP contribution in [0.5, 0.6) is 0 Å². The molecule has 5 nitrogen and oxygen atoms in total. The molecular formula is C24H26N2O3. The Labute approximate surface area is 171 Å². The number of rotatable bonds is 6. The summed E-state index contributed by atoms with van der Waals surface area (Å²) in [5.74, 6) is 0.133. The first kappa shape index (κ1) is 20.5. The molecule has 0 unspecified atom stereocenters. The average Bonchev–Trinajstić information content (AvgIpc) is 3.24. The van der Waals surface area contributed by atoms with E-state index in [-0.39, 0.29) is 17.5 Å². The highest BCUT2D eigenvalue weighted by Crippen LogP contribution is 2.37. The van der Waals surface area contributed by atoms with Crippen molar-refractivity contribution in [3.05, 3.63) is 84.3 Å². The molecule has 0 spiro atoms. The molecule has 1 fully saturated rings. The van der Waals surface area contributed by atoms with Crippen molar-refractivity contribution in [1.29, 1.82) is 0 Å². The molecule has 29 heavy (non-hydrogen) atoms. The summed E-state index contributed by atoms with van der Waals surface area (Å²) in [5.41, 5.74) is 1.84. The van der Waals surface area contributed by atoms with E-state index in [0.717, 1.165) is 11.1 Å². The van der Waals surface area contributed by atoms with Gasteiger partial charge < -0.3 is 9.42 Å². The Morgan fingerprint density at radius 2 is 1.90 bits per heavy atom. The molecule has 1 aliphatic heterocycles. The normalized spacial score (nSPS) is 16.8. The minimum absolute atomic E-state index is 0.141. The zero-order chi connectivity index (χ0) is 20.9. The first-order valence-electron chi connectivity index (χ1n) is 9.80. The fourth-order valence-electron chi connectivity index (χ4n) is 3.82. The SMILES string of the molecule is C=C/C(=C\C=C/C)c1cc(C(=O)N2CCC(C(C)=O)(c3ccccc3)CC2)on1. The first-order valence-corrected chi connectivity index (χ1v) is 9.80. The molecule has 1 aliphatic rings. The maximum absolute atomic E-state index is 12.9. The van der Waals surface area contributed by atoms with Crippen LogP contribution >= 0.6 is 0 Å². The molecule has 0 radical (unpaired) electrons. The lowest BCUT2D eigenvalue weighted by Crippen LogP contribution is -2.48. The molecule has 3 rings (SSSR count). The van der Waals surface area contributed by atoms with E-state index in [2.05, 4.69) is 11.7 Å². The lowest BCUT2D eigenvalue weighted by molar-refractivity contribution is -0.124. The number of hydrogen-bond acceptors (Lipinski definition) is 4. The van der Waals surface area contributed by atoms with E-state index in [4.69, 9.17) is 4.52 Å². The summed E-state index contributed by atoms with van der Waals surface area (Å²) in [4.78, 5) is 27.1. The van der Waals surface area contributed by atoms with Gasteiger partial charge in [-0.25, -0.2) is 0 Å². The number of nitrogens with zero attached hydrogens (tertiary/aromatic N) is 2. The van der Waals surface area contributed by atoms with Gasteiger partial charge in [0, 0.05) is 24.7 Å². The van der Waals surface area contributed by atoms with Crippen LogP contribution in [-0.4, -0.2) is 34.8 Å². The second-order valence-corrected chi connectivity index (χ2v) is 7.22. The second-order valence-electron chi connectivity index (χ2n) is 7.22. The Bertz CT molecular complexity index is 946. The Morgan fingerprint density at radius 3 is 2.48 bits per heavy atom. The largest absolute Gasteiger partial charge is 0.350 e. The number of hydrogen-bond donors (Lipinski definition) is 0. The van der Waals surface area contributed by atoms with Crippen LogP contribution in [0, 0.1) is 0 Å². The van der Waals surface area contributed by atoms with Gasteiger partial charge in [0.05, 0.1) is 5.41 Å². The lowest BCUT2D eigenvalue weighted by Gasteiger charge is -2.40. The van der Waals surface area contributed by atoms with Crippen LogP contribution in [-0.2, 0) is 10.2 Å². The van der Waals surface area contributed by atoms with Gasteiger partial charge in [0.15, 0.2) is 0 Å². The van der Waals surface area contributed by atoms with Crippen LogP contribution in [0.4, 0.5) is 0 Å². The van der Waals surface area contributed by atoms with E-state index in [1.165, 1.54) is 0 Å². The summed E-state index contributed by atoms with van der Waals surface area (Å²) in [7, 11) is 0. The molecule has 1 aromatic carbocycles. The molecule has 0 saturated carbocycles. The van der Waals surface area contributed by atoms with Gasteiger partial charge in [-0.3, -0.25) is 9.59 Å². The summed E-state index contributed by atoms with van der Waals surface area (Å²) >= 11 is 0. The van der Waals surface area contributed by atoms with Gasteiger partial charge in [-0.2, -0.15) is 0 Å². The highest BCUT2D eigenvalue weighted by Gasteiger charge is 2.41. The Kier molecular flexibility index (Phi) is 6.27. The van der Waals surface area contributed by atoms with Gasteiger partial charge in [0.25, 0.3) is 5.91 Å². The van der Waals surface area contributed by atoms with Crippen molar-refractivity contribution in [3.63, 3.8) is 0 Å². The van der Waals surface area contributed by atoms with Crippen LogP contribution in [0.15, 0.2) is 71.8 Å². The van der Waals surface area contributed by atoms with Gasteiger partial charge in [0.2, 0.25) is 5.76 Å². The third kappa shape index (κ3) is 4.14. The summed E-state index contributed by atoms with van der Waals surface area (Å²) in [5, 5.41) is 4.01. The van der Waals surface area contributed by atoms with Crippen molar-refractivity contribution in [2.24, 2.45) is 0 Å². The van der Waals surface area contributed by atoms with E-state index < -0.39 is 5.41 Å². The monoisotopic (exact) mass is 390 g/mol. The van der Waals surface area contributed by atoms with Gasteiger partial charge in [-0.05, 0) is 32.3 Å². The molecule has 5 heteroatoms. The van der Waals surface area contributed by atoms with Crippen molar-refractivity contribution in [1.82, 2.24) is 10.1 Å². The number of likely N-dealkylation sites (tertiary alicyclic amines) is 1. The quantitative estimate of drug-likeness (QED) is 0.677. The number of benzene rings is 1. The maximum Gasteiger partial charge on any atom is 0.292 e. The van der Waals surface area contributed by atoms with E-state index in [0.29, 0.717) is 31.6 Å². The number of Topliss-reactive ketones (excluding diaryl/α,β-unsaturated/α-hetero) is 1.